The van der Waals surface area contributed by atoms with Crippen molar-refractivity contribution in [2.45, 2.75) is 0 Å². The largest absolute Gasteiger partial charge is 0.476 e. The Kier molecular flexibility index (Phi) is 8.19. The third-order valence-electron chi connectivity index (χ3n) is 3.54. The fourth-order valence-corrected chi connectivity index (χ4v) is 4.00. The van der Waals surface area contributed by atoms with E-state index in [1.54, 1.807) is 24.3 Å². The van der Waals surface area contributed by atoms with Crippen molar-refractivity contribution in [1.29, 1.82) is 10.5 Å². The molecule has 0 aliphatic carbocycles. The number of ether oxygens (including phenoxy) is 2. The maximum atomic E-state index is 12.4. The molecule has 0 aliphatic rings. The van der Waals surface area contributed by atoms with E-state index in [0.717, 1.165) is 3.57 Å². The number of nitriles is 2. The van der Waals surface area contributed by atoms with E-state index in [4.69, 9.17) is 10.00 Å². The van der Waals surface area contributed by atoms with Gasteiger partial charge in [0.05, 0.1) is 20.7 Å². The van der Waals surface area contributed by atoms with E-state index in [0.29, 0.717) is 27.0 Å². The Bertz CT molecular complexity index is 1030. The molecule has 0 saturated carbocycles. The molecule has 0 bridgehead atoms. The number of carbonyl (C=O) groups is 2. The predicted molar refractivity (Wildman–Crippen MR) is 118 cm³/mol. The minimum atomic E-state index is -0.589. The summed E-state index contributed by atoms with van der Waals surface area (Å²) in [7, 11) is 1.28. The van der Waals surface area contributed by atoms with E-state index in [1.165, 1.54) is 25.3 Å². The standard InChI is InChI=1S/C20H13BrIN3O4/c1-28-20(27)13-2-4-15(5-3-13)25-19(26)14(11-24)8-12-9-16(21)18(17(22)10-12)29-7-6-23/h2-5,8-10H,7H2,1H3,(H,25,26)/b14-8+. The Labute approximate surface area is 189 Å². The fourth-order valence-electron chi connectivity index (χ4n) is 2.23. The highest BCUT2D eigenvalue weighted by Crippen LogP contribution is 2.32. The molecule has 2 aromatic carbocycles. The predicted octanol–water partition coefficient (Wildman–Crippen LogP) is 4.29. The lowest BCUT2D eigenvalue weighted by molar-refractivity contribution is -0.112. The first-order valence-electron chi connectivity index (χ1n) is 8.00. The number of anilines is 1. The van der Waals surface area contributed by atoms with Crippen molar-refractivity contribution in [3.05, 3.63) is 61.1 Å². The van der Waals surface area contributed by atoms with Crippen LogP contribution in [-0.4, -0.2) is 25.6 Å². The van der Waals surface area contributed by atoms with Crippen molar-refractivity contribution in [1.82, 2.24) is 0 Å². The van der Waals surface area contributed by atoms with Crippen LogP contribution in [0.4, 0.5) is 5.69 Å². The van der Waals surface area contributed by atoms with E-state index in [9.17, 15) is 14.9 Å². The maximum absolute atomic E-state index is 12.4. The number of methoxy groups -OCH3 is 1. The Morgan fingerprint density at radius 3 is 2.48 bits per heavy atom. The molecule has 0 radical (unpaired) electrons. The van der Waals surface area contributed by atoms with Crippen molar-refractivity contribution in [3.63, 3.8) is 0 Å². The number of hydrogen-bond acceptors (Lipinski definition) is 6. The zero-order valence-corrected chi connectivity index (χ0v) is 18.8. The number of rotatable bonds is 6. The second kappa shape index (κ2) is 10.6. The number of amides is 1. The Hall–Kier alpha value is -2.89. The molecule has 146 valence electrons. The first-order chi connectivity index (χ1) is 13.9. The first-order valence-corrected chi connectivity index (χ1v) is 9.87. The number of nitrogens with zero attached hydrogens (tertiary/aromatic N) is 2. The lowest BCUT2D eigenvalue weighted by Gasteiger charge is -2.09. The lowest BCUT2D eigenvalue weighted by atomic mass is 10.1. The monoisotopic (exact) mass is 565 g/mol. The van der Waals surface area contributed by atoms with Gasteiger partial charge in [-0.05, 0) is 86.6 Å². The molecule has 29 heavy (non-hydrogen) atoms. The maximum Gasteiger partial charge on any atom is 0.337 e. The minimum absolute atomic E-state index is 0.0929. The molecule has 0 fully saturated rings. The molecule has 9 heteroatoms. The molecule has 0 aromatic heterocycles. The van der Waals surface area contributed by atoms with Gasteiger partial charge in [0.1, 0.15) is 23.5 Å². The molecule has 1 amide bonds. The topological polar surface area (TPSA) is 112 Å². The van der Waals surface area contributed by atoms with Crippen LogP contribution in [0.2, 0.25) is 0 Å². The van der Waals surface area contributed by atoms with Gasteiger partial charge in [0.15, 0.2) is 6.61 Å². The summed E-state index contributed by atoms with van der Waals surface area (Å²) in [4.78, 5) is 23.9. The van der Waals surface area contributed by atoms with Crippen LogP contribution in [0.3, 0.4) is 0 Å². The average Bonchev–Trinajstić information content (AvgIpc) is 2.71. The van der Waals surface area contributed by atoms with Crippen molar-refractivity contribution >= 4 is 62.2 Å². The molecule has 0 spiro atoms. The van der Waals surface area contributed by atoms with E-state index < -0.39 is 11.9 Å². The molecule has 2 rings (SSSR count). The van der Waals surface area contributed by atoms with Crippen LogP contribution in [0.1, 0.15) is 15.9 Å². The van der Waals surface area contributed by atoms with Crippen LogP contribution in [0, 0.1) is 26.2 Å². The summed E-state index contributed by atoms with van der Waals surface area (Å²) in [5, 5.41) is 20.6. The summed E-state index contributed by atoms with van der Waals surface area (Å²) in [5.74, 6) is -0.560. The molecule has 0 unspecified atom stereocenters. The van der Waals surface area contributed by atoms with E-state index in [-0.39, 0.29) is 12.2 Å². The Morgan fingerprint density at radius 1 is 1.24 bits per heavy atom. The van der Waals surface area contributed by atoms with Crippen LogP contribution in [0.5, 0.6) is 5.75 Å². The summed E-state index contributed by atoms with van der Waals surface area (Å²) in [6.45, 7) is -0.0929. The quantitative estimate of drug-likeness (QED) is 0.242. The van der Waals surface area contributed by atoms with Gasteiger partial charge in [-0.1, -0.05) is 0 Å². The van der Waals surface area contributed by atoms with Gasteiger partial charge in [-0.2, -0.15) is 10.5 Å². The number of hydrogen-bond donors (Lipinski definition) is 1. The van der Waals surface area contributed by atoms with Crippen molar-refractivity contribution in [3.8, 4) is 17.9 Å². The smallest absolute Gasteiger partial charge is 0.337 e. The average molecular weight is 566 g/mol. The zero-order valence-electron chi connectivity index (χ0n) is 15.0. The van der Waals surface area contributed by atoms with Crippen LogP contribution in [-0.2, 0) is 9.53 Å². The molecular weight excluding hydrogens is 553 g/mol. The van der Waals surface area contributed by atoms with Crippen LogP contribution in [0.25, 0.3) is 6.08 Å². The highest BCUT2D eigenvalue weighted by atomic mass is 127. The highest BCUT2D eigenvalue weighted by Gasteiger charge is 2.13. The molecule has 0 aliphatic heterocycles. The van der Waals surface area contributed by atoms with Gasteiger partial charge in [0.25, 0.3) is 5.91 Å². The SMILES string of the molecule is COC(=O)c1ccc(NC(=O)/C(C#N)=C/c2cc(Br)c(OCC#N)c(I)c2)cc1. The van der Waals surface area contributed by atoms with E-state index in [1.807, 2.05) is 34.7 Å². The summed E-state index contributed by atoms with van der Waals surface area (Å²) in [6.07, 6.45) is 1.44. The fraction of sp³-hybridized carbons (Fsp3) is 0.100. The summed E-state index contributed by atoms with van der Waals surface area (Å²) >= 11 is 5.41. The number of esters is 1. The second-order valence-electron chi connectivity index (χ2n) is 5.45. The number of carbonyl (C=O) groups excluding carboxylic acids is 2. The zero-order chi connectivity index (χ0) is 21.4. The van der Waals surface area contributed by atoms with Crippen molar-refractivity contribution in [2.24, 2.45) is 0 Å². The second-order valence-corrected chi connectivity index (χ2v) is 7.47. The molecule has 2 aromatic rings. The third kappa shape index (κ3) is 6.04. The first kappa shape index (κ1) is 22.4. The number of halogens is 2. The Morgan fingerprint density at radius 2 is 1.93 bits per heavy atom. The van der Waals surface area contributed by atoms with Gasteiger partial charge in [0, 0.05) is 5.69 Å². The molecule has 7 nitrogen and oxygen atoms in total. The van der Waals surface area contributed by atoms with Gasteiger partial charge in [-0.25, -0.2) is 4.79 Å². The minimum Gasteiger partial charge on any atom is -0.476 e. The van der Waals surface area contributed by atoms with Gasteiger partial charge >= 0.3 is 5.97 Å². The highest BCUT2D eigenvalue weighted by molar-refractivity contribution is 14.1. The molecule has 1 N–H and O–H groups in total. The molecule has 0 saturated heterocycles. The number of benzene rings is 2. The van der Waals surface area contributed by atoms with Crippen molar-refractivity contribution < 1.29 is 19.1 Å². The normalized spacial score (nSPS) is 10.4. The molecule has 0 heterocycles. The summed E-state index contributed by atoms with van der Waals surface area (Å²) < 4.78 is 11.3. The van der Waals surface area contributed by atoms with Gasteiger partial charge < -0.3 is 14.8 Å². The molecular formula is C20H13BrIN3O4. The van der Waals surface area contributed by atoms with Crippen molar-refractivity contribution in [2.75, 3.05) is 19.0 Å². The lowest BCUT2D eigenvalue weighted by Crippen LogP contribution is -2.13. The van der Waals surface area contributed by atoms with Gasteiger partial charge in [-0.15, -0.1) is 0 Å². The van der Waals surface area contributed by atoms with Gasteiger partial charge in [0.2, 0.25) is 0 Å². The van der Waals surface area contributed by atoms with Crippen LogP contribution < -0.4 is 10.1 Å². The van der Waals surface area contributed by atoms with Crippen LogP contribution in [0.15, 0.2) is 46.4 Å². The van der Waals surface area contributed by atoms with E-state index in [2.05, 4.69) is 26.0 Å². The van der Waals surface area contributed by atoms with E-state index >= 15 is 0 Å². The van der Waals surface area contributed by atoms with Crippen LogP contribution >= 0.6 is 38.5 Å². The third-order valence-corrected chi connectivity index (χ3v) is 4.93. The number of nitrogens with one attached hydrogen (secondary N) is 1. The van der Waals surface area contributed by atoms with Gasteiger partial charge in [-0.3, -0.25) is 4.79 Å². The Balaban J connectivity index is 2.21. The summed E-state index contributed by atoms with van der Waals surface area (Å²) in [5.41, 5.74) is 1.29. The molecule has 0 atom stereocenters. The summed E-state index contributed by atoms with van der Waals surface area (Å²) in [6, 6.07) is 13.3.